The number of rotatable bonds is 3. The molecular weight excluding hydrogens is 154 g/mol. The van der Waals surface area contributed by atoms with Crippen molar-refractivity contribution in [1.82, 2.24) is 4.90 Å². The molecule has 3 heteroatoms. The zero-order chi connectivity index (χ0) is 8.97. The Hall–Kier alpha value is -0.120. The van der Waals surface area contributed by atoms with E-state index in [1.54, 1.807) is 0 Å². The SMILES string of the molecule is CC(CO)N(C)C1CCOCC1. The minimum atomic E-state index is 0.244. The molecule has 72 valence electrons. The van der Waals surface area contributed by atoms with Crippen LogP contribution in [-0.2, 0) is 4.74 Å². The maximum absolute atomic E-state index is 8.96. The molecule has 0 bridgehead atoms. The van der Waals surface area contributed by atoms with Gasteiger partial charge in [0.25, 0.3) is 0 Å². The van der Waals surface area contributed by atoms with E-state index in [4.69, 9.17) is 9.84 Å². The molecule has 0 spiro atoms. The highest BCUT2D eigenvalue weighted by molar-refractivity contribution is 4.75. The summed E-state index contributed by atoms with van der Waals surface area (Å²) in [6, 6.07) is 0.869. The van der Waals surface area contributed by atoms with Crippen molar-refractivity contribution >= 4 is 0 Å². The van der Waals surface area contributed by atoms with Crippen LogP contribution in [0.1, 0.15) is 19.8 Å². The Bertz CT molecular complexity index is 124. The van der Waals surface area contributed by atoms with Crippen molar-refractivity contribution in [2.45, 2.75) is 31.8 Å². The summed E-state index contributed by atoms with van der Waals surface area (Å²) in [4.78, 5) is 2.25. The predicted molar refractivity (Wildman–Crippen MR) is 48.2 cm³/mol. The second kappa shape index (κ2) is 4.80. The van der Waals surface area contributed by atoms with E-state index in [1.165, 1.54) is 0 Å². The van der Waals surface area contributed by atoms with E-state index in [-0.39, 0.29) is 12.6 Å². The van der Waals surface area contributed by atoms with Gasteiger partial charge in [0.15, 0.2) is 0 Å². The summed E-state index contributed by atoms with van der Waals surface area (Å²) in [6.07, 6.45) is 2.20. The van der Waals surface area contributed by atoms with Crippen LogP contribution in [-0.4, -0.2) is 49.0 Å². The lowest BCUT2D eigenvalue weighted by molar-refractivity contribution is 0.0211. The molecule has 0 aliphatic carbocycles. The maximum atomic E-state index is 8.96. The van der Waals surface area contributed by atoms with E-state index < -0.39 is 0 Å². The quantitative estimate of drug-likeness (QED) is 0.673. The Kier molecular flexibility index (Phi) is 3.98. The van der Waals surface area contributed by atoms with Gasteiger partial charge < -0.3 is 9.84 Å². The first-order valence-electron chi connectivity index (χ1n) is 4.66. The van der Waals surface area contributed by atoms with Crippen LogP contribution in [0.15, 0.2) is 0 Å². The molecule has 0 aromatic rings. The van der Waals surface area contributed by atoms with Crippen LogP contribution >= 0.6 is 0 Å². The van der Waals surface area contributed by atoms with Gasteiger partial charge in [0.1, 0.15) is 0 Å². The topological polar surface area (TPSA) is 32.7 Å². The molecule has 3 nitrogen and oxygen atoms in total. The van der Waals surface area contributed by atoms with Crippen LogP contribution in [0.3, 0.4) is 0 Å². The van der Waals surface area contributed by atoms with E-state index in [0.717, 1.165) is 26.1 Å². The van der Waals surface area contributed by atoms with E-state index in [2.05, 4.69) is 18.9 Å². The van der Waals surface area contributed by atoms with E-state index in [9.17, 15) is 0 Å². The molecule has 0 aromatic carbocycles. The lowest BCUT2D eigenvalue weighted by Gasteiger charge is -2.34. The van der Waals surface area contributed by atoms with Crippen LogP contribution < -0.4 is 0 Å². The molecule has 0 amide bonds. The Morgan fingerprint density at radius 2 is 2.08 bits per heavy atom. The van der Waals surface area contributed by atoms with Crippen molar-refractivity contribution in [1.29, 1.82) is 0 Å². The highest BCUT2D eigenvalue weighted by Gasteiger charge is 2.21. The third-order valence-electron chi connectivity index (χ3n) is 2.73. The van der Waals surface area contributed by atoms with Gasteiger partial charge in [0.2, 0.25) is 0 Å². The summed E-state index contributed by atoms with van der Waals surface area (Å²) >= 11 is 0. The highest BCUT2D eigenvalue weighted by atomic mass is 16.5. The number of aliphatic hydroxyl groups excluding tert-OH is 1. The summed E-state index contributed by atoms with van der Waals surface area (Å²) in [5.41, 5.74) is 0. The Balaban J connectivity index is 2.33. The summed E-state index contributed by atoms with van der Waals surface area (Å²) in [6.45, 7) is 4.03. The molecule has 1 heterocycles. The zero-order valence-corrected chi connectivity index (χ0v) is 7.99. The van der Waals surface area contributed by atoms with Crippen molar-refractivity contribution < 1.29 is 9.84 Å². The number of ether oxygens (including phenoxy) is 1. The van der Waals surface area contributed by atoms with Gasteiger partial charge in [-0.1, -0.05) is 0 Å². The second-order valence-corrected chi connectivity index (χ2v) is 3.54. The normalized spacial score (nSPS) is 23.0. The van der Waals surface area contributed by atoms with Gasteiger partial charge in [0, 0.05) is 25.3 Å². The van der Waals surface area contributed by atoms with Gasteiger partial charge in [-0.15, -0.1) is 0 Å². The molecule has 1 fully saturated rings. The number of likely N-dealkylation sites (N-methyl/N-ethyl adjacent to an activating group) is 1. The van der Waals surface area contributed by atoms with Gasteiger partial charge in [-0.25, -0.2) is 0 Å². The first-order valence-corrected chi connectivity index (χ1v) is 4.66. The fourth-order valence-electron chi connectivity index (χ4n) is 1.58. The third kappa shape index (κ3) is 2.44. The molecule has 0 saturated carbocycles. The van der Waals surface area contributed by atoms with E-state index >= 15 is 0 Å². The van der Waals surface area contributed by atoms with Gasteiger partial charge in [0.05, 0.1) is 6.61 Å². The Morgan fingerprint density at radius 3 is 2.58 bits per heavy atom. The van der Waals surface area contributed by atoms with Gasteiger partial charge >= 0.3 is 0 Å². The first-order chi connectivity index (χ1) is 5.75. The standard InChI is InChI=1S/C9H19NO2/c1-8(7-11)10(2)9-3-5-12-6-4-9/h8-9,11H,3-7H2,1-2H3. The van der Waals surface area contributed by atoms with Crippen LogP contribution in [0.2, 0.25) is 0 Å². The highest BCUT2D eigenvalue weighted by Crippen LogP contribution is 2.14. The molecule has 1 aliphatic heterocycles. The Morgan fingerprint density at radius 1 is 1.50 bits per heavy atom. The van der Waals surface area contributed by atoms with Crippen LogP contribution in [0.25, 0.3) is 0 Å². The average molecular weight is 173 g/mol. The minimum Gasteiger partial charge on any atom is -0.395 e. The van der Waals surface area contributed by atoms with Crippen LogP contribution in [0.4, 0.5) is 0 Å². The van der Waals surface area contributed by atoms with E-state index in [0.29, 0.717) is 6.04 Å². The maximum Gasteiger partial charge on any atom is 0.0584 e. The molecule has 1 unspecified atom stereocenters. The first kappa shape index (κ1) is 9.96. The van der Waals surface area contributed by atoms with Crippen molar-refractivity contribution in [2.24, 2.45) is 0 Å². The molecule has 1 saturated heterocycles. The molecule has 1 rings (SSSR count). The minimum absolute atomic E-state index is 0.244. The van der Waals surface area contributed by atoms with Crippen LogP contribution in [0.5, 0.6) is 0 Å². The summed E-state index contributed by atoms with van der Waals surface area (Å²) in [5, 5.41) is 8.96. The number of nitrogens with zero attached hydrogens (tertiary/aromatic N) is 1. The van der Waals surface area contributed by atoms with Gasteiger partial charge in [-0.2, -0.15) is 0 Å². The molecule has 12 heavy (non-hydrogen) atoms. The summed E-state index contributed by atoms with van der Waals surface area (Å²) < 4.78 is 5.27. The number of hydrogen-bond acceptors (Lipinski definition) is 3. The average Bonchev–Trinajstić information content (AvgIpc) is 2.17. The van der Waals surface area contributed by atoms with Crippen molar-refractivity contribution in [3.8, 4) is 0 Å². The lowest BCUT2D eigenvalue weighted by atomic mass is 10.1. The molecular formula is C9H19NO2. The molecule has 1 aliphatic rings. The fraction of sp³-hybridized carbons (Fsp3) is 1.00. The van der Waals surface area contributed by atoms with Crippen LogP contribution in [0, 0.1) is 0 Å². The molecule has 1 N–H and O–H groups in total. The number of aliphatic hydroxyl groups is 1. The molecule has 0 aromatic heterocycles. The zero-order valence-electron chi connectivity index (χ0n) is 7.99. The van der Waals surface area contributed by atoms with Crippen molar-refractivity contribution in [2.75, 3.05) is 26.9 Å². The van der Waals surface area contributed by atoms with E-state index in [1.807, 2.05) is 0 Å². The predicted octanol–water partition coefficient (Wildman–Crippen LogP) is 0.478. The molecule has 1 atom stereocenters. The fourth-order valence-corrected chi connectivity index (χ4v) is 1.58. The van der Waals surface area contributed by atoms with Crippen molar-refractivity contribution in [3.05, 3.63) is 0 Å². The monoisotopic (exact) mass is 173 g/mol. The number of hydrogen-bond donors (Lipinski definition) is 1. The lowest BCUT2D eigenvalue weighted by Crippen LogP contribution is -2.43. The van der Waals surface area contributed by atoms with Gasteiger partial charge in [-0.05, 0) is 26.8 Å². The third-order valence-corrected chi connectivity index (χ3v) is 2.73. The summed E-state index contributed by atoms with van der Waals surface area (Å²) in [5.74, 6) is 0. The van der Waals surface area contributed by atoms with Gasteiger partial charge in [-0.3, -0.25) is 4.90 Å². The second-order valence-electron chi connectivity index (χ2n) is 3.54. The molecule has 0 radical (unpaired) electrons. The Labute approximate surface area is 74.3 Å². The largest absolute Gasteiger partial charge is 0.395 e. The van der Waals surface area contributed by atoms with Crippen molar-refractivity contribution in [3.63, 3.8) is 0 Å². The summed E-state index contributed by atoms with van der Waals surface area (Å²) in [7, 11) is 2.08. The smallest absolute Gasteiger partial charge is 0.0584 e.